The van der Waals surface area contributed by atoms with E-state index in [1.807, 2.05) is 30.3 Å². The van der Waals surface area contributed by atoms with Crippen LogP contribution >= 0.6 is 11.6 Å². The summed E-state index contributed by atoms with van der Waals surface area (Å²) in [4.78, 5) is 24.8. The molecule has 0 fully saturated rings. The van der Waals surface area contributed by atoms with Crippen molar-refractivity contribution in [1.29, 1.82) is 0 Å². The van der Waals surface area contributed by atoms with E-state index in [-0.39, 0.29) is 10.8 Å². The zero-order valence-electron chi connectivity index (χ0n) is 18.9. The Morgan fingerprint density at radius 3 is 2.34 bits per heavy atom. The van der Waals surface area contributed by atoms with E-state index in [1.54, 1.807) is 34.6 Å². The van der Waals surface area contributed by atoms with Crippen LogP contribution in [0.1, 0.15) is 52.7 Å². The van der Waals surface area contributed by atoms with E-state index in [0.717, 1.165) is 5.56 Å². The van der Waals surface area contributed by atoms with Gasteiger partial charge in [-0.15, -0.1) is 0 Å². The molecule has 3 atom stereocenters. The van der Waals surface area contributed by atoms with Crippen LogP contribution in [0.15, 0.2) is 48.5 Å². The van der Waals surface area contributed by atoms with Gasteiger partial charge in [0.1, 0.15) is 29.3 Å². The van der Waals surface area contributed by atoms with Crippen LogP contribution in [-0.4, -0.2) is 29.8 Å². The van der Waals surface area contributed by atoms with Gasteiger partial charge in [-0.2, -0.15) is 0 Å². The lowest BCUT2D eigenvalue weighted by Crippen LogP contribution is -2.45. The lowest BCUT2D eigenvalue weighted by atomic mass is 10.0. The molecule has 2 rings (SSSR count). The van der Waals surface area contributed by atoms with Crippen molar-refractivity contribution in [3.63, 3.8) is 0 Å². The highest BCUT2D eigenvalue weighted by Crippen LogP contribution is 2.29. The maximum absolute atomic E-state index is 13.8. The Morgan fingerprint density at radius 2 is 1.78 bits per heavy atom. The van der Waals surface area contributed by atoms with Crippen LogP contribution in [0.3, 0.4) is 0 Å². The Kier molecular flexibility index (Phi) is 8.89. The van der Waals surface area contributed by atoms with Gasteiger partial charge in [0.05, 0.1) is 0 Å². The van der Waals surface area contributed by atoms with Gasteiger partial charge in [0.25, 0.3) is 0 Å². The first-order chi connectivity index (χ1) is 15.0. The van der Waals surface area contributed by atoms with Crippen LogP contribution in [-0.2, 0) is 14.3 Å². The van der Waals surface area contributed by atoms with Gasteiger partial charge in [-0.25, -0.2) is 14.0 Å². The highest BCUT2D eigenvalue weighted by Gasteiger charge is 2.30. The summed E-state index contributed by atoms with van der Waals surface area (Å²) >= 11 is 5.94. The zero-order chi connectivity index (χ0) is 23.9. The molecular weight excluding hydrogens is 437 g/mol. The summed E-state index contributed by atoms with van der Waals surface area (Å²) in [5.41, 5.74) is 0.0271. The van der Waals surface area contributed by atoms with Crippen LogP contribution in [0.25, 0.3) is 0 Å². The molecule has 0 unspecified atom stereocenters. The number of nitrogens with one attached hydrogen (secondary N) is 1. The van der Waals surface area contributed by atoms with Gasteiger partial charge in [-0.1, -0.05) is 48.9 Å². The van der Waals surface area contributed by atoms with E-state index in [1.165, 1.54) is 18.2 Å². The molecule has 32 heavy (non-hydrogen) atoms. The lowest BCUT2D eigenvalue weighted by Gasteiger charge is -2.28. The molecule has 2 aromatic carbocycles. The molecule has 0 heterocycles. The molecule has 0 radical (unpaired) electrons. The third-order valence-electron chi connectivity index (χ3n) is 4.34. The van der Waals surface area contributed by atoms with Crippen molar-refractivity contribution >= 4 is 23.7 Å². The average molecular weight is 466 g/mol. The van der Waals surface area contributed by atoms with Crippen LogP contribution < -0.4 is 10.1 Å². The molecule has 1 N–H and O–H groups in total. The number of alkyl carbamates (subject to hydrolysis) is 1. The van der Waals surface area contributed by atoms with Crippen LogP contribution in [0.4, 0.5) is 9.18 Å². The fourth-order valence-electron chi connectivity index (χ4n) is 2.93. The molecule has 0 aliphatic rings. The van der Waals surface area contributed by atoms with Crippen LogP contribution in [0.5, 0.6) is 5.75 Å². The van der Waals surface area contributed by atoms with Crippen molar-refractivity contribution in [2.45, 2.75) is 64.9 Å². The summed E-state index contributed by atoms with van der Waals surface area (Å²) in [6.07, 6.45) is -1.90. The molecule has 0 saturated carbocycles. The Morgan fingerprint density at radius 1 is 1.12 bits per heavy atom. The van der Waals surface area contributed by atoms with Crippen molar-refractivity contribution in [3.05, 3.63) is 64.9 Å². The molecular formula is C24H29ClFNO5. The van der Waals surface area contributed by atoms with E-state index in [2.05, 4.69) is 5.32 Å². The average Bonchev–Trinajstić information content (AvgIpc) is 2.68. The van der Waals surface area contributed by atoms with Crippen molar-refractivity contribution in [2.24, 2.45) is 0 Å². The second kappa shape index (κ2) is 11.2. The molecule has 174 valence electrons. The first-order valence-corrected chi connectivity index (χ1v) is 10.7. The summed E-state index contributed by atoms with van der Waals surface area (Å²) in [6, 6.07) is 12.1. The quantitative estimate of drug-likeness (QED) is 0.496. The highest BCUT2D eigenvalue weighted by atomic mass is 35.5. The fourth-order valence-corrected chi connectivity index (χ4v) is 3.14. The Balaban J connectivity index is 2.17. The minimum absolute atomic E-state index is 0.184. The van der Waals surface area contributed by atoms with Crippen molar-refractivity contribution in [3.8, 4) is 5.75 Å². The normalized spacial score (nSPS) is 14.1. The summed E-state index contributed by atoms with van der Waals surface area (Å²) in [7, 11) is 0. The van der Waals surface area contributed by atoms with Crippen molar-refractivity contribution < 1.29 is 28.2 Å². The van der Waals surface area contributed by atoms with Gasteiger partial charge >= 0.3 is 12.1 Å². The van der Waals surface area contributed by atoms with E-state index in [0.29, 0.717) is 6.42 Å². The maximum Gasteiger partial charge on any atom is 0.408 e. The smallest absolute Gasteiger partial charge is 0.408 e. The molecule has 0 saturated heterocycles. The van der Waals surface area contributed by atoms with E-state index in [4.69, 9.17) is 25.8 Å². The first-order valence-electron chi connectivity index (χ1n) is 10.4. The van der Waals surface area contributed by atoms with Gasteiger partial charge < -0.3 is 19.5 Å². The fraction of sp³-hybridized carbons (Fsp3) is 0.417. The number of benzene rings is 2. The van der Waals surface area contributed by atoms with Crippen LogP contribution in [0.2, 0.25) is 5.02 Å². The number of esters is 1. The molecule has 1 amide bonds. The third-order valence-corrected chi connectivity index (χ3v) is 4.56. The second-order valence-electron chi connectivity index (χ2n) is 8.30. The number of halogens is 2. The topological polar surface area (TPSA) is 73.9 Å². The lowest BCUT2D eigenvalue weighted by molar-refractivity contribution is -0.155. The molecule has 0 spiro atoms. The largest absolute Gasteiger partial charge is 0.482 e. The molecule has 0 aliphatic carbocycles. The van der Waals surface area contributed by atoms with Crippen LogP contribution in [0, 0.1) is 5.82 Å². The number of hydrogen-bond acceptors (Lipinski definition) is 5. The number of hydrogen-bond donors (Lipinski definition) is 1. The molecule has 8 heteroatoms. The molecule has 0 bridgehead atoms. The zero-order valence-corrected chi connectivity index (χ0v) is 19.6. The summed E-state index contributed by atoms with van der Waals surface area (Å²) in [5.74, 6) is -0.977. The van der Waals surface area contributed by atoms with E-state index < -0.39 is 41.7 Å². The molecule has 6 nitrogen and oxygen atoms in total. The number of rotatable bonds is 8. The predicted molar refractivity (Wildman–Crippen MR) is 120 cm³/mol. The number of ether oxygens (including phenoxy) is 3. The van der Waals surface area contributed by atoms with Gasteiger partial charge in [0, 0.05) is 11.1 Å². The van der Waals surface area contributed by atoms with Crippen molar-refractivity contribution in [1.82, 2.24) is 5.32 Å². The SMILES string of the molecule is CC[C@H](NC(=O)OC(C)(C)C)C(=O)O[C@@H](C)[C@H](Oc1cc(F)cc(Cl)c1)c1ccccc1. The Labute approximate surface area is 193 Å². The first kappa shape index (κ1) is 25.5. The minimum atomic E-state index is -0.896. The number of carbonyl (C=O) groups is 2. The van der Waals surface area contributed by atoms with E-state index in [9.17, 15) is 14.0 Å². The monoisotopic (exact) mass is 465 g/mol. The number of carbonyl (C=O) groups excluding carboxylic acids is 2. The maximum atomic E-state index is 13.8. The highest BCUT2D eigenvalue weighted by molar-refractivity contribution is 6.30. The molecule has 2 aromatic rings. The molecule has 0 aromatic heterocycles. The summed E-state index contributed by atoms with van der Waals surface area (Å²) < 4.78 is 30.6. The third kappa shape index (κ3) is 8.04. The standard InChI is InChI=1S/C24H29ClFNO5/c1-6-20(27-23(29)32-24(3,4)5)22(28)30-15(2)21(16-10-8-7-9-11-16)31-19-13-17(25)12-18(26)14-19/h7-15,20-21H,6H2,1-5H3,(H,27,29)/t15-,20-,21-/m0/s1. The van der Waals surface area contributed by atoms with Gasteiger partial charge in [0.2, 0.25) is 0 Å². The van der Waals surface area contributed by atoms with Gasteiger partial charge in [0.15, 0.2) is 6.10 Å². The Bertz CT molecular complexity index is 896. The van der Waals surface area contributed by atoms with Gasteiger partial charge in [-0.05, 0) is 51.8 Å². The Hall–Kier alpha value is -2.80. The minimum Gasteiger partial charge on any atom is -0.482 e. The van der Waals surface area contributed by atoms with E-state index >= 15 is 0 Å². The summed E-state index contributed by atoms with van der Waals surface area (Å²) in [5, 5.41) is 2.71. The number of amides is 1. The van der Waals surface area contributed by atoms with Gasteiger partial charge in [-0.3, -0.25) is 0 Å². The molecule has 0 aliphatic heterocycles. The summed E-state index contributed by atoms with van der Waals surface area (Å²) in [6.45, 7) is 8.60. The second-order valence-corrected chi connectivity index (χ2v) is 8.74. The predicted octanol–water partition coefficient (Wildman–Crippen LogP) is 5.83. The van der Waals surface area contributed by atoms with Crippen molar-refractivity contribution in [2.75, 3.05) is 0 Å².